The molecular formula is C18H20BrN3O2S. The van der Waals surface area contributed by atoms with Crippen LogP contribution < -0.4 is 10.2 Å². The van der Waals surface area contributed by atoms with Crippen molar-refractivity contribution >= 4 is 44.8 Å². The minimum atomic E-state index is -0.206. The van der Waals surface area contributed by atoms with Crippen molar-refractivity contribution in [1.29, 1.82) is 0 Å². The molecule has 25 heavy (non-hydrogen) atoms. The highest BCUT2D eigenvalue weighted by molar-refractivity contribution is 9.11. The number of carbonyl (C=O) groups is 2. The van der Waals surface area contributed by atoms with Gasteiger partial charge in [0, 0.05) is 31.9 Å². The molecule has 0 atom stereocenters. The van der Waals surface area contributed by atoms with Gasteiger partial charge < -0.3 is 15.1 Å². The van der Waals surface area contributed by atoms with Crippen molar-refractivity contribution in [3.05, 3.63) is 50.6 Å². The largest absolute Gasteiger partial charge is 0.368 e. The van der Waals surface area contributed by atoms with E-state index in [-0.39, 0.29) is 18.4 Å². The maximum absolute atomic E-state index is 12.3. The van der Waals surface area contributed by atoms with E-state index in [1.54, 1.807) is 6.07 Å². The van der Waals surface area contributed by atoms with Gasteiger partial charge in [-0.15, -0.1) is 11.3 Å². The van der Waals surface area contributed by atoms with E-state index in [2.05, 4.69) is 45.2 Å². The van der Waals surface area contributed by atoms with E-state index >= 15 is 0 Å². The van der Waals surface area contributed by atoms with Gasteiger partial charge >= 0.3 is 0 Å². The van der Waals surface area contributed by atoms with Crippen molar-refractivity contribution in [3.8, 4) is 0 Å². The summed E-state index contributed by atoms with van der Waals surface area (Å²) in [6.07, 6.45) is 0. The van der Waals surface area contributed by atoms with Crippen molar-refractivity contribution in [2.45, 2.75) is 6.92 Å². The molecule has 1 aliphatic heterocycles. The normalized spacial score (nSPS) is 14.5. The third-order valence-corrected chi connectivity index (χ3v) is 5.91. The number of hydrogen-bond acceptors (Lipinski definition) is 4. The first-order chi connectivity index (χ1) is 12.0. The van der Waals surface area contributed by atoms with E-state index in [4.69, 9.17) is 0 Å². The zero-order chi connectivity index (χ0) is 17.8. The second kappa shape index (κ2) is 8.01. The Hall–Kier alpha value is -1.86. The molecule has 2 amide bonds. The maximum atomic E-state index is 12.3. The van der Waals surface area contributed by atoms with Gasteiger partial charge in [-0.3, -0.25) is 9.59 Å². The van der Waals surface area contributed by atoms with E-state index in [1.807, 2.05) is 23.1 Å². The third-order valence-electron chi connectivity index (χ3n) is 4.29. The maximum Gasteiger partial charge on any atom is 0.261 e. The molecule has 0 saturated carbocycles. The Labute approximate surface area is 159 Å². The molecule has 1 aromatic carbocycles. The highest BCUT2D eigenvalue weighted by atomic mass is 79.9. The molecule has 0 unspecified atom stereocenters. The van der Waals surface area contributed by atoms with Crippen molar-refractivity contribution in [1.82, 2.24) is 10.2 Å². The predicted molar refractivity (Wildman–Crippen MR) is 104 cm³/mol. The highest BCUT2D eigenvalue weighted by Gasteiger charge is 2.22. The van der Waals surface area contributed by atoms with Crippen LogP contribution in [-0.2, 0) is 4.79 Å². The molecule has 2 aromatic rings. The number of amides is 2. The number of nitrogens with one attached hydrogen (secondary N) is 1. The van der Waals surface area contributed by atoms with Crippen LogP contribution in [0.25, 0.3) is 0 Å². The van der Waals surface area contributed by atoms with Crippen LogP contribution in [0.5, 0.6) is 0 Å². The molecule has 1 fully saturated rings. The SMILES string of the molecule is Cc1ccccc1N1CCN(C(=O)CNC(=O)c2ccc(Br)s2)CC1. The first-order valence-corrected chi connectivity index (χ1v) is 9.77. The minimum absolute atomic E-state index is 0.0339. The molecule has 2 heterocycles. The Bertz CT molecular complexity index is 769. The van der Waals surface area contributed by atoms with Gasteiger partial charge in [-0.2, -0.15) is 0 Å². The summed E-state index contributed by atoms with van der Waals surface area (Å²) in [5.74, 6) is -0.240. The standard InChI is InChI=1S/C18H20BrN3O2S/c1-13-4-2-3-5-14(13)21-8-10-22(11-9-21)17(23)12-20-18(24)15-6-7-16(19)25-15/h2-7H,8-12H2,1H3,(H,20,24). The first kappa shape index (κ1) is 17.9. The molecule has 0 aliphatic carbocycles. The topological polar surface area (TPSA) is 52.6 Å². The summed E-state index contributed by atoms with van der Waals surface area (Å²) >= 11 is 4.69. The van der Waals surface area contributed by atoms with E-state index in [0.29, 0.717) is 18.0 Å². The average molecular weight is 422 g/mol. The summed E-state index contributed by atoms with van der Waals surface area (Å²) in [6.45, 7) is 5.11. The third kappa shape index (κ3) is 4.41. The number of carbonyl (C=O) groups excluding carboxylic acids is 2. The molecular weight excluding hydrogens is 402 g/mol. The smallest absolute Gasteiger partial charge is 0.261 e. The van der Waals surface area contributed by atoms with Crippen LogP contribution in [0.15, 0.2) is 40.2 Å². The molecule has 0 bridgehead atoms. The molecule has 1 aromatic heterocycles. The number of hydrogen-bond donors (Lipinski definition) is 1. The summed E-state index contributed by atoms with van der Waals surface area (Å²) in [4.78, 5) is 29.1. The zero-order valence-corrected chi connectivity index (χ0v) is 16.4. The van der Waals surface area contributed by atoms with Gasteiger partial charge in [0.15, 0.2) is 0 Å². The summed E-state index contributed by atoms with van der Waals surface area (Å²) in [5.41, 5.74) is 2.47. The Morgan fingerprint density at radius 3 is 2.48 bits per heavy atom. The molecule has 5 nitrogen and oxygen atoms in total. The van der Waals surface area contributed by atoms with Crippen LogP contribution in [0.4, 0.5) is 5.69 Å². The monoisotopic (exact) mass is 421 g/mol. The number of anilines is 1. The lowest BCUT2D eigenvalue weighted by atomic mass is 10.1. The van der Waals surface area contributed by atoms with E-state index in [0.717, 1.165) is 16.9 Å². The molecule has 1 saturated heterocycles. The lowest BCUT2D eigenvalue weighted by molar-refractivity contribution is -0.130. The quantitative estimate of drug-likeness (QED) is 0.825. The van der Waals surface area contributed by atoms with Gasteiger partial charge in [0.25, 0.3) is 5.91 Å². The van der Waals surface area contributed by atoms with Crippen molar-refractivity contribution in [2.75, 3.05) is 37.6 Å². The molecule has 0 spiro atoms. The van der Waals surface area contributed by atoms with Crippen LogP contribution in [-0.4, -0.2) is 49.4 Å². The lowest BCUT2D eigenvalue weighted by Crippen LogP contribution is -2.51. The number of halogens is 1. The van der Waals surface area contributed by atoms with Gasteiger partial charge in [0.2, 0.25) is 5.91 Å². The zero-order valence-electron chi connectivity index (χ0n) is 14.0. The minimum Gasteiger partial charge on any atom is -0.368 e. The second-order valence-electron chi connectivity index (χ2n) is 5.94. The van der Waals surface area contributed by atoms with Crippen molar-refractivity contribution in [2.24, 2.45) is 0 Å². The van der Waals surface area contributed by atoms with Crippen LogP contribution in [0.1, 0.15) is 15.2 Å². The fourth-order valence-electron chi connectivity index (χ4n) is 2.91. The fourth-order valence-corrected chi connectivity index (χ4v) is 4.21. The molecule has 132 valence electrons. The van der Waals surface area contributed by atoms with Gasteiger partial charge in [-0.25, -0.2) is 0 Å². The number of aryl methyl sites for hydroxylation is 1. The van der Waals surface area contributed by atoms with Crippen LogP contribution in [0.3, 0.4) is 0 Å². The van der Waals surface area contributed by atoms with Crippen LogP contribution in [0, 0.1) is 6.92 Å². The van der Waals surface area contributed by atoms with Crippen molar-refractivity contribution < 1.29 is 9.59 Å². The Morgan fingerprint density at radius 1 is 1.12 bits per heavy atom. The number of benzene rings is 1. The number of nitrogens with zero attached hydrogens (tertiary/aromatic N) is 2. The number of para-hydroxylation sites is 1. The summed E-state index contributed by atoms with van der Waals surface area (Å²) in [7, 11) is 0. The predicted octanol–water partition coefficient (Wildman–Crippen LogP) is 2.90. The number of rotatable bonds is 4. The van der Waals surface area contributed by atoms with Crippen LogP contribution >= 0.6 is 27.3 Å². The van der Waals surface area contributed by atoms with Gasteiger partial charge in [0.1, 0.15) is 0 Å². The first-order valence-electron chi connectivity index (χ1n) is 8.16. The summed E-state index contributed by atoms with van der Waals surface area (Å²) in [6, 6.07) is 11.9. The average Bonchev–Trinajstić information content (AvgIpc) is 3.06. The van der Waals surface area contributed by atoms with E-state index in [1.165, 1.54) is 22.6 Å². The molecule has 7 heteroatoms. The Morgan fingerprint density at radius 2 is 1.84 bits per heavy atom. The highest BCUT2D eigenvalue weighted by Crippen LogP contribution is 2.22. The summed E-state index contributed by atoms with van der Waals surface area (Å²) in [5, 5.41) is 2.71. The van der Waals surface area contributed by atoms with Gasteiger partial charge in [-0.05, 0) is 46.6 Å². The summed E-state index contributed by atoms with van der Waals surface area (Å²) < 4.78 is 0.899. The van der Waals surface area contributed by atoms with Crippen LogP contribution in [0.2, 0.25) is 0 Å². The Kier molecular flexibility index (Phi) is 5.75. The molecule has 1 aliphatic rings. The van der Waals surface area contributed by atoms with Gasteiger partial charge in [0.05, 0.1) is 15.2 Å². The van der Waals surface area contributed by atoms with Gasteiger partial charge in [-0.1, -0.05) is 18.2 Å². The van der Waals surface area contributed by atoms with E-state index in [9.17, 15) is 9.59 Å². The number of piperazine rings is 1. The van der Waals surface area contributed by atoms with E-state index < -0.39 is 0 Å². The van der Waals surface area contributed by atoms with Crippen molar-refractivity contribution in [3.63, 3.8) is 0 Å². The lowest BCUT2D eigenvalue weighted by Gasteiger charge is -2.36. The number of thiophene rings is 1. The molecule has 0 radical (unpaired) electrons. The molecule has 1 N–H and O–H groups in total. The Balaban J connectivity index is 1.48. The second-order valence-corrected chi connectivity index (χ2v) is 8.40. The molecule has 3 rings (SSSR count). The fraction of sp³-hybridized carbons (Fsp3) is 0.333.